The third-order valence-electron chi connectivity index (χ3n) is 4.18. The Morgan fingerprint density at radius 2 is 2.09 bits per heavy atom. The average Bonchev–Trinajstić information content (AvgIpc) is 3.34. The predicted octanol–water partition coefficient (Wildman–Crippen LogP) is 3.90. The topological polar surface area (TPSA) is 34.0 Å². The van der Waals surface area contributed by atoms with Crippen LogP contribution in [-0.4, -0.2) is 17.4 Å². The summed E-state index contributed by atoms with van der Waals surface area (Å²) in [5.74, 6) is 0.829. The molecule has 0 aliphatic heterocycles. The number of hydrogen-bond acceptors (Lipinski definition) is 3. The summed E-state index contributed by atoms with van der Waals surface area (Å²) in [4.78, 5) is 13.2. The van der Waals surface area contributed by atoms with Gasteiger partial charge in [-0.3, -0.25) is 4.79 Å². The standard InChI is InChI=1S/C18H22N2OS/c1-12-8-14(11-20(2)18(12)21)16-9-15(22-3)6-7-17(16)19-10-13-4-5-13/h6-9,11,13,19H,4-5,10H2,1-3H3. The molecule has 4 heteroatoms. The highest BCUT2D eigenvalue weighted by molar-refractivity contribution is 7.98. The quantitative estimate of drug-likeness (QED) is 0.850. The van der Waals surface area contributed by atoms with Crippen LogP contribution in [0.3, 0.4) is 0 Å². The van der Waals surface area contributed by atoms with Crippen LogP contribution in [0.25, 0.3) is 11.1 Å². The minimum absolute atomic E-state index is 0.0669. The van der Waals surface area contributed by atoms with Crippen molar-refractivity contribution in [3.63, 3.8) is 0 Å². The van der Waals surface area contributed by atoms with Gasteiger partial charge in [0.25, 0.3) is 5.56 Å². The molecule has 1 aliphatic rings. The molecule has 0 radical (unpaired) electrons. The lowest BCUT2D eigenvalue weighted by Gasteiger charge is -2.15. The number of anilines is 1. The molecule has 0 atom stereocenters. The molecule has 22 heavy (non-hydrogen) atoms. The van der Waals surface area contributed by atoms with Gasteiger partial charge in [0.1, 0.15) is 0 Å². The highest BCUT2D eigenvalue weighted by Gasteiger charge is 2.21. The Kier molecular flexibility index (Phi) is 4.30. The van der Waals surface area contributed by atoms with E-state index < -0.39 is 0 Å². The van der Waals surface area contributed by atoms with Crippen LogP contribution in [-0.2, 0) is 7.05 Å². The van der Waals surface area contributed by atoms with Crippen molar-refractivity contribution in [2.75, 3.05) is 18.1 Å². The number of aromatic nitrogens is 1. The van der Waals surface area contributed by atoms with Crippen molar-refractivity contribution >= 4 is 17.4 Å². The minimum atomic E-state index is 0.0669. The van der Waals surface area contributed by atoms with Crippen LogP contribution in [0.1, 0.15) is 18.4 Å². The minimum Gasteiger partial charge on any atom is -0.384 e. The second-order valence-corrected chi connectivity index (χ2v) is 6.94. The van der Waals surface area contributed by atoms with Gasteiger partial charge >= 0.3 is 0 Å². The first-order chi connectivity index (χ1) is 10.6. The maximum atomic E-state index is 11.9. The van der Waals surface area contributed by atoms with Gasteiger partial charge in [0.05, 0.1) is 0 Å². The maximum absolute atomic E-state index is 11.9. The van der Waals surface area contributed by atoms with E-state index in [1.54, 1.807) is 16.3 Å². The molecule has 0 amide bonds. The SMILES string of the molecule is CSc1ccc(NCC2CC2)c(-c2cc(C)c(=O)n(C)c2)c1. The van der Waals surface area contributed by atoms with E-state index in [0.29, 0.717) is 0 Å². The lowest BCUT2D eigenvalue weighted by atomic mass is 10.0. The second kappa shape index (κ2) is 6.21. The zero-order valence-corrected chi connectivity index (χ0v) is 14.2. The van der Waals surface area contributed by atoms with Crippen LogP contribution in [0, 0.1) is 12.8 Å². The van der Waals surface area contributed by atoms with Crippen LogP contribution >= 0.6 is 11.8 Å². The third-order valence-corrected chi connectivity index (χ3v) is 4.90. The highest BCUT2D eigenvalue weighted by atomic mass is 32.2. The molecule has 1 saturated carbocycles. The Balaban J connectivity index is 2.03. The smallest absolute Gasteiger partial charge is 0.253 e. The van der Waals surface area contributed by atoms with E-state index in [-0.39, 0.29) is 5.56 Å². The summed E-state index contributed by atoms with van der Waals surface area (Å²) in [5, 5.41) is 3.58. The van der Waals surface area contributed by atoms with Crippen LogP contribution < -0.4 is 10.9 Å². The zero-order valence-electron chi connectivity index (χ0n) is 13.3. The van der Waals surface area contributed by atoms with Gasteiger partial charge in [-0.15, -0.1) is 11.8 Å². The van der Waals surface area contributed by atoms with Crippen molar-refractivity contribution in [2.24, 2.45) is 13.0 Å². The first kappa shape index (κ1) is 15.2. The van der Waals surface area contributed by atoms with E-state index in [0.717, 1.165) is 29.3 Å². The van der Waals surface area contributed by atoms with E-state index in [9.17, 15) is 4.79 Å². The molecule has 1 fully saturated rings. The Bertz CT molecular complexity index is 721. The number of aryl methyl sites for hydroxylation is 2. The van der Waals surface area contributed by atoms with Gasteiger partial charge in [0.15, 0.2) is 0 Å². The lowest BCUT2D eigenvalue weighted by molar-refractivity contribution is 0.850. The van der Waals surface area contributed by atoms with Crippen molar-refractivity contribution < 1.29 is 0 Å². The fourth-order valence-electron chi connectivity index (χ4n) is 2.64. The molecule has 1 aromatic carbocycles. The molecular weight excluding hydrogens is 292 g/mol. The third kappa shape index (κ3) is 3.22. The number of nitrogens with zero attached hydrogens (tertiary/aromatic N) is 1. The van der Waals surface area contributed by atoms with Gasteiger partial charge in [-0.2, -0.15) is 0 Å². The highest BCUT2D eigenvalue weighted by Crippen LogP contribution is 2.34. The van der Waals surface area contributed by atoms with Gasteiger partial charge < -0.3 is 9.88 Å². The molecule has 3 nitrogen and oxygen atoms in total. The summed E-state index contributed by atoms with van der Waals surface area (Å²) in [5.41, 5.74) is 4.27. The van der Waals surface area contributed by atoms with Crippen molar-refractivity contribution in [2.45, 2.75) is 24.7 Å². The van der Waals surface area contributed by atoms with Crippen molar-refractivity contribution in [1.82, 2.24) is 4.57 Å². The van der Waals surface area contributed by atoms with Crippen LogP contribution in [0.15, 0.2) is 40.2 Å². The van der Waals surface area contributed by atoms with Crippen LogP contribution in [0.5, 0.6) is 0 Å². The number of nitrogens with one attached hydrogen (secondary N) is 1. The van der Waals surface area contributed by atoms with Gasteiger partial charge in [-0.25, -0.2) is 0 Å². The molecule has 3 rings (SSSR count). The molecule has 0 bridgehead atoms. The molecule has 1 heterocycles. The van der Waals surface area contributed by atoms with E-state index in [1.165, 1.54) is 23.3 Å². The number of benzene rings is 1. The molecule has 1 aliphatic carbocycles. The normalized spacial score (nSPS) is 14.1. The summed E-state index contributed by atoms with van der Waals surface area (Å²) in [6.07, 6.45) is 6.69. The molecule has 1 aromatic heterocycles. The molecule has 0 unspecified atom stereocenters. The van der Waals surface area contributed by atoms with Crippen LogP contribution in [0.4, 0.5) is 5.69 Å². The first-order valence-electron chi connectivity index (χ1n) is 7.68. The average molecular weight is 314 g/mol. The molecular formula is C18H22N2OS. The molecule has 1 N–H and O–H groups in total. The fourth-order valence-corrected chi connectivity index (χ4v) is 3.08. The number of rotatable bonds is 5. The van der Waals surface area contributed by atoms with Gasteiger partial charge in [-0.05, 0) is 56.2 Å². The lowest BCUT2D eigenvalue weighted by Crippen LogP contribution is -2.18. The van der Waals surface area contributed by atoms with E-state index in [4.69, 9.17) is 0 Å². The van der Waals surface area contributed by atoms with Crippen molar-refractivity contribution in [1.29, 1.82) is 0 Å². The Morgan fingerprint density at radius 3 is 2.73 bits per heavy atom. The van der Waals surface area contributed by atoms with Crippen molar-refractivity contribution in [3.05, 3.63) is 46.4 Å². The number of thioether (sulfide) groups is 1. The first-order valence-corrected chi connectivity index (χ1v) is 8.90. The Hall–Kier alpha value is -1.68. The van der Waals surface area contributed by atoms with E-state index >= 15 is 0 Å². The number of pyridine rings is 1. The summed E-state index contributed by atoms with van der Waals surface area (Å²) in [6.45, 7) is 2.91. The van der Waals surface area contributed by atoms with Crippen molar-refractivity contribution in [3.8, 4) is 11.1 Å². The predicted molar refractivity (Wildman–Crippen MR) is 94.9 cm³/mol. The molecule has 2 aromatic rings. The van der Waals surface area contributed by atoms with Crippen LogP contribution in [0.2, 0.25) is 0 Å². The zero-order chi connectivity index (χ0) is 15.7. The fraction of sp³-hybridized carbons (Fsp3) is 0.389. The van der Waals surface area contributed by atoms with E-state index in [1.807, 2.05) is 26.2 Å². The van der Waals surface area contributed by atoms with Gasteiger partial charge in [0.2, 0.25) is 0 Å². The Labute approximate surface area is 135 Å². The monoisotopic (exact) mass is 314 g/mol. The van der Waals surface area contributed by atoms with E-state index in [2.05, 4.69) is 29.8 Å². The Morgan fingerprint density at radius 1 is 1.32 bits per heavy atom. The molecule has 116 valence electrons. The molecule has 0 spiro atoms. The maximum Gasteiger partial charge on any atom is 0.253 e. The molecule has 0 saturated heterocycles. The summed E-state index contributed by atoms with van der Waals surface area (Å²) < 4.78 is 1.67. The summed E-state index contributed by atoms with van der Waals surface area (Å²) in [7, 11) is 1.81. The second-order valence-electron chi connectivity index (χ2n) is 6.06. The summed E-state index contributed by atoms with van der Waals surface area (Å²) in [6, 6.07) is 8.51. The van der Waals surface area contributed by atoms with Gasteiger partial charge in [-0.1, -0.05) is 0 Å². The van der Waals surface area contributed by atoms with Gasteiger partial charge in [0, 0.05) is 47.1 Å². The number of hydrogen-bond donors (Lipinski definition) is 1. The largest absolute Gasteiger partial charge is 0.384 e. The summed E-state index contributed by atoms with van der Waals surface area (Å²) >= 11 is 1.74.